The van der Waals surface area contributed by atoms with E-state index in [9.17, 15) is 8.42 Å². The van der Waals surface area contributed by atoms with Crippen molar-refractivity contribution in [3.63, 3.8) is 0 Å². The predicted octanol–water partition coefficient (Wildman–Crippen LogP) is 0.968. The summed E-state index contributed by atoms with van der Waals surface area (Å²) in [5.74, 6) is 0. The fourth-order valence-electron chi connectivity index (χ4n) is 0.992. The van der Waals surface area contributed by atoms with Gasteiger partial charge in [-0.25, -0.2) is 0 Å². The second kappa shape index (κ2) is 4.41. The highest BCUT2D eigenvalue weighted by molar-refractivity contribution is 7.83. The molecule has 1 aromatic rings. The van der Waals surface area contributed by atoms with Crippen LogP contribution in [-0.2, 0) is 16.7 Å². The summed E-state index contributed by atoms with van der Waals surface area (Å²) in [5.41, 5.74) is 4.03. The van der Waals surface area contributed by atoms with Crippen LogP contribution < -0.4 is 10.3 Å². The first-order valence-corrected chi connectivity index (χ1v) is 5.54. The standard InChI is InChI=1S/C8H12N2O3S/c1-2-7-4-3-5-8(6-7)9-10-14(11,12)13/h3-6,9-10H,2H2,1H3,(H,11,12,13). The molecule has 0 unspecified atom stereocenters. The van der Waals surface area contributed by atoms with E-state index in [0.717, 1.165) is 12.0 Å². The summed E-state index contributed by atoms with van der Waals surface area (Å²) < 4.78 is 29.1. The summed E-state index contributed by atoms with van der Waals surface area (Å²) in [7, 11) is -4.20. The molecule has 0 aliphatic rings. The number of hydrazine groups is 1. The summed E-state index contributed by atoms with van der Waals surface area (Å²) in [6, 6.07) is 7.21. The summed E-state index contributed by atoms with van der Waals surface area (Å²) >= 11 is 0. The second-order valence-electron chi connectivity index (χ2n) is 2.76. The largest absolute Gasteiger partial charge is 0.350 e. The molecule has 0 saturated carbocycles. The van der Waals surface area contributed by atoms with Gasteiger partial charge in [-0.2, -0.15) is 8.42 Å². The van der Waals surface area contributed by atoms with Crippen molar-refractivity contribution in [3.8, 4) is 0 Å². The number of aryl methyl sites for hydroxylation is 1. The van der Waals surface area contributed by atoms with Gasteiger partial charge in [0.25, 0.3) is 0 Å². The minimum Gasteiger partial charge on any atom is -0.306 e. The number of hydrogen-bond donors (Lipinski definition) is 3. The van der Waals surface area contributed by atoms with E-state index < -0.39 is 10.3 Å². The van der Waals surface area contributed by atoms with Gasteiger partial charge in [-0.1, -0.05) is 19.1 Å². The highest BCUT2D eigenvalue weighted by Crippen LogP contribution is 2.09. The molecule has 6 heteroatoms. The Morgan fingerprint density at radius 2 is 2.14 bits per heavy atom. The number of benzene rings is 1. The molecule has 0 radical (unpaired) electrons. The minimum absolute atomic E-state index is 0.585. The van der Waals surface area contributed by atoms with E-state index in [4.69, 9.17) is 4.55 Å². The summed E-state index contributed by atoms with van der Waals surface area (Å²) in [6.45, 7) is 2.00. The topological polar surface area (TPSA) is 78.4 Å². The van der Waals surface area contributed by atoms with E-state index in [1.54, 1.807) is 23.0 Å². The van der Waals surface area contributed by atoms with Gasteiger partial charge in [-0.05, 0) is 24.1 Å². The molecule has 3 N–H and O–H groups in total. The van der Waals surface area contributed by atoms with Crippen LogP contribution in [0.5, 0.6) is 0 Å². The Kier molecular flexibility index (Phi) is 3.45. The van der Waals surface area contributed by atoms with Gasteiger partial charge in [0.2, 0.25) is 0 Å². The Labute approximate surface area is 83.0 Å². The fraction of sp³-hybridized carbons (Fsp3) is 0.250. The Hall–Kier alpha value is -1.11. The molecular formula is C8H12N2O3S. The molecule has 0 aromatic heterocycles. The van der Waals surface area contributed by atoms with Crippen LogP contribution in [0.15, 0.2) is 24.3 Å². The van der Waals surface area contributed by atoms with Crippen LogP contribution in [0.1, 0.15) is 12.5 Å². The first kappa shape index (κ1) is 11.0. The van der Waals surface area contributed by atoms with Crippen molar-refractivity contribution in [2.45, 2.75) is 13.3 Å². The van der Waals surface area contributed by atoms with Crippen molar-refractivity contribution < 1.29 is 13.0 Å². The van der Waals surface area contributed by atoms with Gasteiger partial charge in [-0.3, -0.25) is 4.55 Å². The van der Waals surface area contributed by atoms with Crippen molar-refractivity contribution >= 4 is 16.0 Å². The van der Waals surface area contributed by atoms with Crippen LogP contribution in [0.3, 0.4) is 0 Å². The average Bonchev–Trinajstić information content (AvgIpc) is 2.14. The fourth-order valence-corrected chi connectivity index (χ4v) is 1.24. The predicted molar refractivity (Wildman–Crippen MR) is 54.1 cm³/mol. The highest BCUT2D eigenvalue weighted by Gasteiger charge is 2.01. The normalized spacial score (nSPS) is 11.3. The lowest BCUT2D eigenvalue weighted by atomic mass is 10.1. The van der Waals surface area contributed by atoms with E-state index >= 15 is 0 Å². The molecule has 5 nitrogen and oxygen atoms in total. The third kappa shape index (κ3) is 3.73. The monoisotopic (exact) mass is 216 g/mol. The third-order valence-electron chi connectivity index (χ3n) is 1.66. The Morgan fingerprint density at radius 3 is 2.71 bits per heavy atom. The van der Waals surface area contributed by atoms with Gasteiger partial charge in [0.1, 0.15) is 0 Å². The average molecular weight is 216 g/mol. The molecule has 14 heavy (non-hydrogen) atoms. The number of anilines is 1. The van der Waals surface area contributed by atoms with Crippen molar-refractivity contribution in [1.82, 2.24) is 4.83 Å². The molecule has 0 aliphatic carbocycles. The second-order valence-corrected chi connectivity index (χ2v) is 3.91. The quantitative estimate of drug-likeness (QED) is 0.517. The number of hydrogen-bond acceptors (Lipinski definition) is 3. The van der Waals surface area contributed by atoms with Gasteiger partial charge in [0.15, 0.2) is 0 Å². The van der Waals surface area contributed by atoms with Crippen molar-refractivity contribution in [1.29, 1.82) is 0 Å². The maximum atomic E-state index is 10.3. The van der Waals surface area contributed by atoms with Gasteiger partial charge in [-0.15, -0.1) is 4.83 Å². The smallest absolute Gasteiger partial charge is 0.306 e. The zero-order chi connectivity index (χ0) is 10.6. The van der Waals surface area contributed by atoms with Crippen molar-refractivity contribution in [2.75, 3.05) is 5.43 Å². The molecule has 78 valence electrons. The van der Waals surface area contributed by atoms with Crippen LogP contribution >= 0.6 is 0 Å². The van der Waals surface area contributed by atoms with E-state index in [2.05, 4.69) is 5.43 Å². The molecule has 0 bridgehead atoms. The molecule has 1 aromatic carbocycles. The summed E-state index contributed by atoms with van der Waals surface area (Å²) in [4.78, 5) is 1.77. The first-order chi connectivity index (χ1) is 6.51. The molecular weight excluding hydrogens is 204 g/mol. The summed E-state index contributed by atoms with van der Waals surface area (Å²) in [5, 5.41) is 0. The Morgan fingerprint density at radius 1 is 1.43 bits per heavy atom. The van der Waals surface area contributed by atoms with Crippen LogP contribution in [0.2, 0.25) is 0 Å². The van der Waals surface area contributed by atoms with Gasteiger partial charge >= 0.3 is 10.3 Å². The van der Waals surface area contributed by atoms with E-state index in [0.29, 0.717) is 5.69 Å². The maximum absolute atomic E-state index is 10.3. The lowest BCUT2D eigenvalue weighted by Gasteiger charge is -2.06. The van der Waals surface area contributed by atoms with Crippen LogP contribution in [0, 0.1) is 0 Å². The lowest BCUT2D eigenvalue weighted by Crippen LogP contribution is -2.28. The van der Waals surface area contributed by atoms with E-state index in [1.807, 2.05) is 13.0 Å². The molecule has 0 heterocycles. The highest BCUT2D eigenvalue weighted by atomic mass is 32.2. The molecule has 0 amide bonds. The van der Waals surface area contributed by atoms with Gasteiger partial charge in [0.05, 0.1) is 5.69 Å². The molecule has 0 aliphatic heterocycles. The Balaban J connectivity index is 2.68. The van der Waals surface area contributed by atoms with Crippen LogP contribution in [0.25, 0.3) is 0 Å². The SMILES string of the molecule is CCc1cccc(NNS(=O)(=O)O)c1. The molecule has 0 atom stereocenters. The number of nitrogens with one attached hydrogen (secondary N) is 2. The third-order valence-corrected chi connectivity index (χ3v) is 2.02. The first-order valence-electron chi connectivity index (χ1n) is 4.10. The van der Waals surface area contributed by atoms with E-state index in [1.165, 1.54) is 0 Å². The van der Waals surface area contributed by atoms with E-state index in [-0.39, 0.29) is 0 Å². The van der Waals surface area contributed by atoms with Crippen molar-refractivity contribution in [2.24, 2.45) is 0 Å². The minimum atomic E-state index is -4.20. The molecule has 1 rings (SSSR count). The lowest BCUT2D eigenvalue weighted by molar-refractivity contribution is 0.473. The Bertz CT molecular complexity index is 403. The van der Waals surface area contributed by atoms with Crippen LogP contribution in [0.4, 0.5) is 5.69 Å². The summed E-state index contributed by atoms with van der Waals surface area (Å²) in [6.07, 6.45) is 0.862. The van der Waals surface area contributed by atoms with Crippen LogP contribution in [-0.4, -0.2) is 13.0 Å². The molecule has 0 spiro atoms. The van der Waals surface area contributed by atoms with Gasteiger partial charge in [0, 0.05) is 0 Å². The van der Waals surface area contributed by atoms with Crippen molar-refractivity contribution in [3.05, 3.63) is 29.8 Å². The zero-order valence-corrected chi connectivity index (χ0v) is 8.50. The maximum Gasteiger partial charge on any atom is 0.350 e. The zero-order valence-electron chi connectivity index (χ0n) is 7.69. The molecule has 0 saturated heterocycles. The van der Waals surface area contributed by atoms with Gasteiger partial charge < -0.3 is 5.43 Å². The number of rotatable bonds is 4. The molecule has 0 fully saturated rings.